The highest BCUT2D eigenvalue weighted by Gasteiger charge is 2.38. The minimum atomic E-state index is -0.544. The molecule has 0 N–H and O–H groups in total. The Labute approximate surface area is 190 Å². The highest BCUT2D eigenvalue weighted by Crippen LogP contribution is 2.35. The molecular formula is C24H25BrN2O4. The number of fused-ring (bicyclic) bond motifs is 1. The van der Waals surface area contributed by atoms with Crippen molar-refractivity contribution < 1.29 is 19.1 Å². The molecule has 0 unspecified atom stereocenters. The van der Waals surface area contributed by atoms with Gasteiger partial charge in [0.1, 0.15) is 11.4 Å². The van der Waals surface area contributed by atoms with Crippen LogP contribution in [0.3, 0.4) is 0 Å². The molecule has 2 amide bonds. The number of likely N-dealkylation sites (tertiary alicyclic amines) is 1. The number of halogens is 1. The molecule has 2 heterocycles. The predicted molar refractivity (Wildman–Crippen MR) is 122 cm³/mol. The lowest BCUT2D eigenvalue weighted by Gasteiger charge is -2.24. The number of rotatable bonds is 4. The molecule has 1 fully saturated rings. The van der Waals surface area contributed by atoms with Gasteiger partial charge in [0.15, 0.2) is 0 Å². The zero-order valence-electron chi connectivity index (χ0n) is 17.8. The first kappa shape index (κ1) is 21.6. The third-order valence-electron chi connectivity index (χ3n) is 5.43. The molecular weight excluding hydrogens is 460 g/mol. The van der Waals surface area contributed by atoms with Crippen LogP contribution in [0.5, 0.6) is 5.75 Å². The van der Waals surface area contributed by atoms with Gasteiger partial charge in [-0.25, -0.2) is 9.79 Å². The van der Waals surface area contributed by atoms with Crippen LogP contribution in [0.15, 0.2) is 51.9 Å². The van der Waals surface area contributed by atoms with Crippen LogP contribution < -0.4 is 4.74 Å². The van der Waals surface area contributed by atoms with E-state index in [9.17, 15) is 9.59 Å². The Bertz CT molecular complexity index is 1030. The lowest BCUT2D eigenvalue weighted by Crippen LogP contribution is -2.35. The van der Waals surface area contributed by atoms with Crippen molar-refractivity contribution in [3.05, 3.63) is 63.6 Å². The van der Waals surface area contributed by atoms with Gasteiger partial charge in [0.25, 0.3) is 5.91 Å². The molecule has 4 rings (SSSR count). The Morgan fingerprint density at radius 1 is 1.16 bits per heavy atom. The average molecular weight is 485 g/mol. The Morgan fingerprint density at radius 3 is 2.61 bits per heavy atom. The van der Waals surface area contributed by atoms with E-state index in [1.54, 1.807) is 17.2 Å². The highest BCUT2D eigenvalue weighted by molar-refractivity contribution is 9.10. The quantitative estimate of drug-likeness (QED) is 0.608. The second-order valence-corrected chi connectivity index (χ2v) is 9.84. The number of aliphatic imine (C=N–C) groups is 1. The third kappa shape index (κ3) is 4.98. The summed E-state index contributed by atoms with van der Waals surface area (Å²) in [7, 11) is 0. The van der Waals surface area contributed by atoms with E-state index in [0.717, 1.165) is 15.6 Å². The fourth-order valence-corrected chi connectivity index (χ4v) is 4.19. The lowest BCUT2D eigenvalue weighted by molar-refractivity contribution is 0.0283. The number of hydrogen-bond acceptors (Lipinski definition) is 4. The van der Waals surface area contributed by atoms with E-state index in [1.807, 2.05) is 45.0 Å². The number of benzene rings is 2. The van der Waals surface area contributed by atoms with E-state index >= 15 is 0 Å². The molecule has 2 aromatic carbocycles. The molecule has 2 aliphatic rings. The minimum absolute atomic E-state index is 0.0916. The summed E-state index contributed by atoms with van der Waals surface area (Å²) in [6.07, 6.45) is 1.26. The average Bonchev–Trinajstić information content (AvgIpc) is 3.30. The van der Waals surface area contributed by atoms with Gasteiger partial charge in [0, 0.05) is 41.2 Å². The molecule has 6 nitrogen and oxygen atoms in total. The summed E-state index contributed by atoms with van der Waals surface area (Å²) in [5.74, 6) is 0.599. The molecule has 0 saturated carbocycles. The van der Waals surface area contributed by atoms with Crippen molar-refractivity contribution in [3.8, 4) is 5.75 Å². The maximum absolute atomic E-state index is 12.7. The van der Waals surface area contributed by atoms with E-state index in [-0.39, 0.29) is 23.8 Å². The zero-order valence-corrected chi connectivity index (χ0v) is 19.4. The molecule has 7 heteroatoms. The van der Waals surface area contributed by atoms with Crippen molar-refractivity contribution in [2.45, 2.75) is 32.3 Å². The first-order valence-corrected chi connectivity index (χ1v) is 11.1. The molecule has 1 saturated heterocycles. The Balaban J connectivity index is 1.50. The van der Waals surface area contributed by atoms with Crippen molar-refractivity contribution in [2.75, 3.05) is 19.7 Å². The van der Waals surface area contributed by atoms with Gasteiger partial charge in [0.05, 0.1) is 12.2 Å². The van der Waals surface area contributed by atoms with Crippen molar-refractivity contribution in [2.24, 2.45) is 10.9 Å². The van der Waals surface area contributed by atoms with Gasteiger partial charge in [-0.15, -0.1) is 0 Å². The highest BCUT2D eigenvalue weighted by atomic mass is 79.9. The number of hydrogen-bond donors (Lipinski definition) is 0. The van der Waals surface area contributed by atoms with Gasteiger partial charge in [-0.1, -0.05) is 28.1 Å². The number of amides is 2. The second-order valence-electron chi connectivity index (χ2n) is 8.93. The van der Waals surface area contributed by atoms with Crippen LogP contribution >= 0.6 is 15.9 Å². The molecule has 0 bridgehead atoms. The number of ether oxygens (including phenoxy) is 2. The van der Waals surface area contributed by atoms with Crippen molar-refractivity contribution in [1.29, 1.82) is 0 Å². The fraction of sp³-hybridized carbons (Fsp3) is 0.375. The maximum Gasteiger partial charge on any atom is 0.410 e. The standard InChI is InChI=1S/C24H25BrN2O4/c1-24(2,3)31-23(29)27-12-17(21(13-27)15-4-7-18(25)8-5-15)14-30-19-9-6-16-11-26-22(28)20(16)10-19/h4-11,17,21H,12-14H2,1-3H3/t17-,21-/m0/s1. The van der Waals surface area contributed by atoms with Crippen molar-refractivity contribution >= 4 is 34.1 Å². The van der Waals surface area contributed by atoms with E-state index in [4.69, 9.17) is 9.47 Å². The molecule has 2 atom stereocenters. The van der Waals surface area contributed by atoms with Gasteiger partial charge >= 0.3 is 6.09 Å². The summed E-state index contributed by atoms with van der Waals surface area (Å²) < 4.78 is 12.7. The summed E-state index contributed by atoms with van der Waals surface area (Å²) in [6.45, 7) is 7.14. The monoisotopic (exact) mass is 484 g/mol. The van der Waals surface area contributed by atoms with E-state index in [2.05, 4.69) is 33.1 Å². The molecule has 0 aliphatic carbocycles. The summed E-state index contributed by atoms with van der Waals surface area (Å²) in [5, 5.41) is 0. The lowest BCUT2D eigenvalue weighted by atomic mass is 9.89. The molecule has 0 spiro atoms. The van der Waals surface area contributed by atoms with E-state index in [0.29, 0.717) is 31.0 Å². The molecule has 2 aromatic rings. The molecule has 0 radical (unpaired) electrons. The predicted octanol–water partition coefficient (Wildman–Crippen LogP) is 5.05. The number of carbonyl (C=O) groups is 2. The third-order valence-corrected chi connectivity index (χ3v) is 5.96. The Kier molecular flexibility index (Phi) is 5.88. The first-order valence-electron chi connectivity index (χ1n) is 10.3. The summed E-state index contributed by atoms with van der Waals surface area (Å²) in [4.78, 5) is 30.1. The van der Waals surface area contributed by atoms with Crippen LogP contribution in [-0.4, -0.2) is 48.4 Å². The topological polar surface area (TPSA) is 68.2 Å². The first-order chi connectivity index (χ1) is 14.7. The van der Waals surface area contributed by atoms with Gasteiger partial charge in [-0.05, 0) is 56.7 Å². The SMILES string of the molecule is CC(C)(C)OC(=O)N1C[C@@H](COc2ccc3c(c2)C(=O)N=C3)[C@H](c2ccc(Br)cc2)C1. The summed E-state index contributed by atoms with van der Waals surface area (Å²) in [6, 6.07) is 13.6. The van der Waals surface area contributed by atoms with Crippen LogP contribution in [0, 0.1) is 5.92 Å². The van der Waals surface area contributed by atoms with Gasteiger partial charge in [-0.2, -0.15) is 0 Å². The Morgan fingerprint density at radius 2 is 1.90 bits per heavy atom. The molecule has 2 aliphatic heterocycles. The van der Waals surface area contributed by atoms with Gasteiger partial charge in [-0.3, -0.25) is 4.79 Å². The van der Waals surface area contributed by atoms with Crippen LogP contribution in [0.1, 0.15) is 48.2 Å². The minimum Gasteiger partial charge on any atom is -0.493 e. The number of nitrogens with zero attached hydrogens (tertiary/aromatic N) is 2. The van der Waals surface area contributed by atoms with Crippen LogP contribution in [0.2, 0.25) is 0 Å². The smallest absolute Gasteiger partial charge is 0.410 e. The van der Waals surface area contributed by atoms with E-state index < -0.39 is 5.60 Å². The summed E-state index contributed by atoms with van der Waals surface area (Å²) >= 11 is 3.48. The van der Waals surface area contributed by atoms with Crippen LogP contribution in [0.4, 0.5) is 4.79 Å². The largest absolute Gasteiger partial charge is 0.493 e. The summed E-state index contributed by atoms with van der Waals surface area (Å²) in [5.41, 5.74) is 1.98. The Hall–Kier alpha value is -2.67. The van der Waals surface area contributed by atoms with Gasteiger partial charge in [0.2, 0.25) is 0 Å². The van der Waals surface area contributed by atoms with Crippen molar-refractivity contribution in [1.82, 2.24) is 4.90 Å². The fourth-order valence-electron chi connectivity index (χ4n) is 3.93. The molecule has 0 aromatic heterocycles. The molecule has 31 heavy (non-hydrogen) atoms. The van der Waals surface area contributed by atoms with Crippen molar-refractivity contribution in [3.63, 3.8) is 0 Å². The molecule has 162 valence electrons. The van der Waals surface area contributed by atoms with Gasteiger partial charge < -0.3 is 14.4 Å². The van der Waals surface area contributed by atoms with Crippen LogP contribution in [0.25, 0.3) is 0 Å². The van der Waals surface area contributed by atoms with E-state index in [1.165, 1.54) is 0 Å². The zero-order chi connectivity index (χ0) is 22.2. The second kappa shape index (κ2) is 8.46. The van der Waals surface area contributed by atoms with Crippen LogP contribution in [-0.2, 0) is 4.74 Å². The normalized spacial score (nSPS) is 20.1. The maximum atomic E-state index is 12.7. The number of carbonyl (C=O) groups excluding carboxylic acids is 2.